The quantitative estimate of drug-likeness (QED) is 0.517. The van der Waals surface area contributed by atoms with Crippen molar-refractivity contribution in [1.29, 1.82) is 0 Å². The Hall–Kier alpha value is -2.98. The van der Waals surface area contributed by atoms with Gasteiger partial charge in [0.25, 0.3) is 5.91 Å². The Morgan fingerprint density at radius 1 is 1.07 bits per heavy atom. The van der Waals surface area contributed by atoms with E-state index in [1.54, 1.807) is 0 Å². The third-order valence-corrected chi connectivity index (χ3v) is 6.03. The average Bonchev–Trinajstić information content (AvgIpc) is 3.22. The number of halogens is 1. The van der Waals surface area contributed by atoms with Crippen molar-refractivity contribution < 1.29 is 14.0 Å². The van der Waals surface area contributed by atoms with Crippen LogP contribution in [0.3, 0.4) is 0 Å². The van der Waals surface area contributed by atoms with E-state index >= 15 is 0 Å². The van der Waals surface area contributed by atoms with Gasteiger partial charge in [-0.2, -0.15) is 0 Å². The first-order valence-electron chi connectivity index (χ1n) is 8.97. The summed E-state index contributed by atoms with van der Waals surface area (Å²) in [6.45, 7) is 0.439. The third kappa shape index (κ3) is 6.26. The van der Waals surface area contributed by atoms with Crippen molar-refractivity contribution in [2.24, 2.45) is 0 Å². The summed E-state index contributed by atoms with van der Waals surface area (Å²) in [6, 6.07) is 13.4. The van der Waals surface area contributed by atoms with Gasteiger partial charge in [-0.15, -0.1) is 10.2 Å². The van der Waals surface area contributed by atoms with E-state index in [1.165, 1.54) is 36.0 Å². The molecular formula is C20H20FN5O2S2. The van der Waals surface area contributed by atoms with E-state index in [0.29, 0.717) is 16.6 Å². The van der Waals surface area contributed by atoms with Crippen molar-refractivity contribution in [3.63, 3.8) is 0 Å². The van der Waals surface area contributed by atoms with Gasteiger partial charge in [0.15, 0.2) is 4.34 Å². The topological polar surface area (TPSA) is 87.2 Å². The van der Waals surface area contributed by atoms with Gasteiger partial charge in [-0.25, -0.2) is 4.39 Å². The molecule has 0 radical (unpaired) electrons. The summed E-state index contributed by atoms with van der Waals surface area (Å²) >= 11 is 2.31. The summed E-state index contributed by atoms with van der Waals surface area (Å²) in [5, 5.41) is 13.4. The molecule has 7 nitrogen and oxygen atoms in total. The summed E-state index contributed by atoms with van der Waals surface area (Å²) in [7, 11) is 3.94. The maximum atomic E-state index is 12.9. The lowest BCUT2D eigenvalue weighted by atomic mass is 10.2. The van der Waals surface area contributed by atoms with Crippen molar-refractivity contribution in [1.82, 2.24) is 15.5 Å². The molecule has 2 aromatic carbocycles. The monoisotopic (exact) mass is 445 g/mol. The van der Waals surface area contributed by atoms with E-state index in [9.17, 15) is 14.0 Å². The summed E-state index contributed by atoms with van der Waals surface area (Å²) in [5.41, 5.74) is 2.56. The van der Waals surface area contributed by atoms with E-state index in [1.807, 2.05) is 43.3 Å². The fourth-order valence-electron chi connectivity index (χ4n) is 2.37. The van der Waals surface area contributed by atoms with Crippen LogP contribution in [0, 0.1) is 5.82 Å². The zero-order valence-corrected chi connectivity index (χ0v) is 18.0. The van der Waals surface area contributed by atoms with Crippen molar-refractivity contribution in [3.05, 3.63) is 64.9 Å². The number of thioether (sulfide) groups is 1. The van der Waals surface area contributed by atoms with Gasteiger partial charge in [0, 0.05) is 32.0 Å². The van der Waals surface area contributed by atoms with Crippen molar-refractivity contribution in [2.75, 3.05) is 30.1 Å². The number of benzene rings is 2. The van der Waals surface area contributed by atoms with Crippen LogP contribution in [-0.2, 0) is 11.3 Å². The fourth-order valence-corrected chi connectivity index (χ4v) is 3.95. The van der Waals surface area contributed by atoms with Gasteiger partial charge in [0.1, 0.15) is 5.82 Å². The van der Waals surface area contributed by atoms with E-state index in [4.69, 9.17) is 0 Å². The van der Waals surface area contributed by atoms with Gasteiger partial charge >= 0.3 is 0 Å². The molecule has 0 spiro atoms. The zero-order chi connectivity index (χ0) is 21.5. The van der Waals surface area contributed by atoms with Crippen LogP contribution in [0.25, 0.3) is 0 Å². The standard InChI is InChI=1S/C20H20FN5O2S2/c1-26(2)16-9-3-13(4-10-16)11-22-17(27)12-29-20-25-24-19(30-20)18(28)23-15-7-5-14(21)6-8-15/h3-10H,11-12H2,1-2H3,(H,22,27)(H,23,28). The number of nitrogens with one attached hydrogen (secondary N) is 2. The van der Waals surface area contributed by atoms with Crippen LogP contribution in [0.2, 0.25) is 0 Å². The number of hydrogen-bond donors (Lipinski definition) is 2. The van der Waals surface area contributed by atoms with E-state index < -0.39 is 5.91 Å². The highest BCUT2D eigenvalue weighted by atomic mass is 32.2. The van der Waals surface area contributed by atoms with Crippen molar-refractivity contribution >= 4 is 46.3 Å². The number of carbonyl (C=O) groups is 2. The molecule has 0 aliphatic rings. The van der Waals surface area contributed by atoms with Gasteiger partial charge < -0.3 is 15.5 Å². The molecule has 1 aromatic heterocycles. The Balaban J connectivity index is 1.44. The highest BCUT2D eigenvalue weighted by molar-refractivity contribution is 8.01. The smallest absolute Gasteiger partial charge is 0.286 e. The van der Waals surface area contributed by atoms with Crippen LogP contribution >= 0.6 is 23.1 Å². The zero-order valence-electron chi connectivity index (χ0n) is 16.4. The number of hydrogen-bond acceptors (Lipinski definition) is 7. The summed E-state index contributed by atoms with van der Waals surface area (Å²) < 4.78 is 13.4. The largest absolute Gasteiger partial charge is 0.378 e. The lowest BCUT2D eigenvalue weighted by Crippen LogP contribution is -2.24. The number of anilines is 2. The second-order valence-electron chi connectivity index (χ2n) is 6.46. The minimum Gasteiger partial charge on any atom is -0.378 e. The first-order valence-corrected chi connectivity index (χ1v) is 10.8. The molecule has 1 heterocycles. The Morgan fingerprint density at radius 3 is 2.43 bits per heavy atom. The van der Waals surface area contributed by atoms with E-state index in [-0.39, 0.29) is 22.5 Å². The minimum atomic E-state index is -0.434. The van der Waals surface area contributed by atoms with Gasteiger partial charge in [-0.3, -0.25) is 9.59 Å². The number of rotatable bonds is 8. The second-order valence-corrected chi connectivity index (χ2v) is 8.66. The van der Waals surface area contributed by atoms with E-state index in [2.05, 4.69) is 20.8 Å². The molecule has 3 rings (SSSR count). The van der Waals surface area contributed by atoms with Gasteiger partial charge in [-0.05, 0) is 42.0 Å². The molecule has 0 fully saturated rings. The second kappa shape index (κ2) is 10.2. The Labute approximate surface area is 181 Å². The first-order chi connectivity index (χ1) is 14.4. The van der Waals surface area contributed by atoms with Crippen molar-refractivity contribution in [2.45, 2.75) is 10.9 Å². The predicted octanol–water partition coefficient (Wildman–Crippen LogP) is 3.40. The highest BCUT2D eigenvalue weighted by Gasteiger charge is 2.14. The van der Waals surface area contributed by atoms with Gasteiger partial charge in [0.2, 0.25) is 10.9 Å². The molecule has 2 N–H and O–H groups in total. The number of amides is 2. The van der Waals surface area contributed by atoms with Crippen LogP contribution in [-0.4, -0.2) is 41.9 Å². The lowest BCUT2D eigenvalue weighted by molar-refractivity contribution is -0.118. The fraction of sp³-hybridized carbons (Fsp3) is 0.200. The molecule has 10 heteroatoms. The maximum absolute atomic E-state index is 12.9. The Bertz CT molecular complexity index is 1010. The highest BCUT2D eigenvalue weighted by Crippen LogP contribution is 2.23. The molecule has 0 bridgehead atoms. The Morgan fingerprint density at radius 2 is 1.77 bits per heavy atom. The summed E-state index contributed by atoms with van der Waals surface area (Å²) in [4.78, 5) is 26.3. The first kappa shape index (κ1) is 21.7. The number of nitrogens with zero attached hydrogens (tertiary/aromatic N) is 3. The molecule has 0 atom stereocenters. The molecule has 0 unspecified atom stereocenters. The minimum absolute atomic E-state index is 0.135. The average molecular weight is 446 g/mol. The third-order valence-electron chi connectivity index (χ3n) is 3.97. The lowest BCUT2D eigenvalue weighted by Gasteiger charge is -2.12. The summed E-state index contributed by atoms with van der Waals surface area (Å²) in [5.74, 6) is -0.781. The Kier molecular flexibility index (Phi) is 7.36. The number of aromatic nitrogens is 2. The molecule has 2 amide bonds. The van der Waals surface area contributed by atoms with Crippen LogP contribution in [0.4, 0.5) is 15.8 Å². The molecular weight excluding hydrogens is 425 g/mol. The predicted molar refractivity (Wildman–Crippen MR) is 118 cm³/mol. The molecule has 0 saturated heterocycles. The number of carbonyl (C=O) groups excluding carboxylic acids is 2. The molecule has 0 saturated carbocycles. The van der Waals surface area contributed by atoms with Gasteiger partial charge in [-0.1, -0.05) is 35.2 Å². The molecule has 30 heavy (non-hydrogen) atoms. The molecule has 0 aliphatic carbocycles. The molecule has 156 valence electrons. The SMILES string of the molecule is CN(C)c1ccc(CNC(=O)CSc2nnc(C(=O)Nc3ccc(F)cc3)s2)cc1. The molecule has 0 aliphatic heterocycles. The van der Waals surface area contributed by atoms with Crippen LogP contribution < -0.4 is 15.5 Å². The molecule has 3 aromatic rings. The van der Waals surface area contributed by atoms with Gasteiger partial charge in [0.05, 0.1) is 5.75 Å². The normalized spacial score (nSPS) is 10.5. The summed E-state index contributed by atoms with van der Waals surface area (Å²) in [6.07, 6.45) is 0. The van der Waals surface area contributed by atoms with Crippen LogP contribution in [0.1, 0.15) is 15.4 Å². The van der Waals surface area contributed by atoms with Crippen LogP contribution in [0.15, 0.2) is 52.9 Å². The maximum Gasteiger partial charge on any atom is 0.286 e. The van der Waals surface area contributed by atoms with E-state index in [0.717, 1.165) is 22.6 Å². The van der Waals surface area contributed by atoms with Crippen LogP contribution in [0.5, 0.6) is 0 Å². The van der Waals surface area contributed by atoms with Crippen molar-refractivity contribution in [3.8, 4) is 0 Å².